The van der Waals surface area contributed by atoms with Crippen LogP contribution in [0.4, 0.5) is 4.79 Å². The van der Waals surface area contributed by atoms with Gasteiger partial charge in [0.2, 0.25) is 0 Å². The Morgan fingerprint density at radius 2 is 1.92 bits per heavy atom. The van der Waals surface area contributed by atoms with E-state index in [0.29, 0.717) is 22.9 Å². The highest BCUT2D eigenvalue weighted by atomic mass is 35.5. The minimum absolute atomic E-state index is 0.0816. The third kappa shape index (κ3) is 3.54. The number of halogens is 2. The fourth-order valence-electron chi connectivity index (χ4n) is 4.07. The van der Waals surface area contributed by atoms with Crippen LogP contribution in [0.5, 0.6) is 0 Å². The number of benzene rings is 1. The Bertz CT molecular complexity index is 764. The number of rotatable bonds is 3. The van der Waals surface area contributed by atoms with Crippen molar-refractivity contribution in [1.82, 2.24) is 20.0 Å². The summed E-state index contributed by atoms with van der Waals surface area (Å²) in [7, 11) is 0. The fourth-order valence-corrected chi connectivity index (χ4v) is 4.41. The molecule has 0 spiro atoms. The molecule has 1 aromatic carbocycles. The van der Waals surface area contributed by atoms with Gasteiger partial charge in [-0.1, -0.05) is 41.4 Å². The average molecular weight is 379 g/mol. The van der Waals surface area contributed by atoms with E-state index in [1.807, 2.05) is 23.1 Å². The zero-order valence-corrected chi connectivity index (χ0v) is 15.2. The molecule has 132 valence electrons. The summed E-state index contributed by atoms with van der Waals surface area (Å²) in [6.07, 6.45) is 5.24. The van der Waals surface area contributed by atoms with Gasteiger partial charge in [-0.05, 0) is 36.3 Å². The second-order valence-corrected chi connectivity index (χ2v) is 7.80. The minimum atomic E-state index is -0.0816. The normalized spacial score (nSPS) is 25.4. The maximum Gasteiger partial charge on any atom is 0.344 e. The van der Waals surface area contributed by atoms with Gasteiger partial charge >= 0.3 is 6.03 Å². The number of amides is 1. The van der Waals surface area contributed by atoms with E-state index in [-0.39, 0.29) is 6.03 Å². The summed E-state index contributed by atoms with van der Waals surface area (Å²) in [5.74, 6) is 1.11. The molecule has 1 saturated heterocycles. The van der Waals surface area contributed by atoms with Crippen molar-refractivity contribution in [2.24, 2.45) is 11.8 Å². The predicted molar refractivity (Wildman–Crippen MR) is 97.9 cm³/mol. The zero-order chi connectivity index (χ0) is 17.4. The van der Waals surface area contributed by atoms with E-state index < -0.39 is 0 Å². The van der Waals surface area contributed by atoms with E-state index in [9.17, 15) is 4.79 Å². The van der Waals surface area contributed by atoms with Gasteiger partial charge < -0.3 is 10.2 Å². The van der Waals surface area contributed by atoms with Crippen molar-refractivity contribution in [3.05, 3.63) is 52.3 Å². The molecule has 2 aromatic rings. The van der Waals surface area contributed by atoms with Crippen molar-refractivity contribution in [3.63, 3.8) is 0 Å². The van der Waals surface area contributed by atoms with Gasteiger partial charge in [-0.2, -0.15) is 9.78 Å². The number of nitrogens with one attached hydrogen (secondary N) is 1. The van der Waals surface area contributed by atoms with E-state index in [1.165, 1.54) is 10.9 Å². The van der Waals surface area contributed by atoms with Crippen molar-refractivity contribution in [3.8, 4) is 0 Å². The molecule has 1 aliphatic heterocycles. The van der Waals surface area contributed by atoms with Crippen LogP contribution in [0.1, 0.15) is 18.4 Å². The summed E-state index contributed by atoms with van der Waals surface area (Å²) in [6, 6.07) is 8.35. The lowest BCUT2D eigenvalue weighted by atomic mass is 10.0. The zero-order valence-electron chi connectivity index (χ0n) is 13.7. The molecular formula is C18H20Cl2N4O. The predicted octanol–water partition coefficient (Wildman–Crippen LogP) is 3.66. The molecule has 7 heteroatoms. The van der Waals surface area contributed by atoms with Gasteiger partial charge in [0.15, 0.2) is 0 Å². The molecule has 2 unspecified atom stereocenters. The lowest BCUT2D eigenvalue weighted by Crippen LogP contribution is -2.35. The molecule has 5 nitrogen and oxygen atoms in total. The number of carbonyl (C=O) groups is 1. The minimum Gasteiger partial charge on any atom is -0.322 e. The Morgan fingerprint density at radius 3 is 2.56 bits per heavy atom. The second-order valence-electron chi connectivity index (χ2n) is 6.95. The van der Waals surface area contributed by atoms with Crippen LogP contribution in [0.15, 0.2) is 36.7 Å². The van der Waals surface area contributed by atoms with Crippen LogP contribution >= 0.6 is 23.2 Å². The van der Waals surface area contributed by atoms with Gasteiger partial charge in [-0.15, -0.1) is 0 Å². The van der Waals surface area contributed by atoms with E-state index in [1.54, 1.807) is 6.20 Å². The van der Waals surface area contributed by atoms with Crippen molar-refractivity contribution in [2.45, 2.75) is 25.4 Å². The van der Waals surface area contributed by atoms with Gasteiger partial charge in [0.1, 0.15) is 0 Å². The van der Waals surface area contributed by atoms with Crippen molar-refractivity contribution in [1.29, 1.82) is 0 Å². The summed E-state index contributed by atoms with van der Waals surface area (Å²) in [5, 5.41) is 8.92. The molecule has 2 heterocycles. The molecule has 0 radical (unpaired) electrons. The Balaban J connectivity index is 1.30. The topological polar surface area (TPSA) is 50.2 Å². The summed E-state index contributed by atoms with van der Waals surface area (Å²) in [5.41, 5.74) is 1.13. The molecule has 0 bridgehead atoms. The first-order valence-electron chi connectivity index (χ1n) is 8.56. The Labute approximate surface area is 156 Å². The van der Waals surface area contributed by atoms with E-state index >= 15 is 0 Å². The number of aromatic nitrogens is 2. The fraction of sp³-hybridized carbons (Fsp3) is 0.444. The number of carbonyl (C=O) groups excluding carboxylic acids is 1. The smallest absolute Gasteiger partial charge is 0.322 e. The highest BCUT2D eigenvalue weighted by Crippen LogP contribution is 2.38. The third-order valence-electron chi connectivity index (χ3n) is 5.31. The van der Waals surface area contributed by atoms with Crippen molar-refractivity contribution < 1.29 is 4.79 Å². The Kier molecular flexibility index (Phi) is 4.71. The SMILES string of the molecule is O=C(N1CC2CC(NCc3ccccc3Cl)C[C@H]2C1)n1cc(Cl)cn1. The maximum absolute atomic E-state index is 12.5. The third-order valence-corrected chi connectivity index (χ3v) is 5.87. The first-order valence-corrected chi connectivity index (χ1v) is 9.32. The summed E-state index contributed by atoms with van der Waals surface area (Å²) >= 11 is 12.1. The van der Waals surface area contributed by atoms with Crippen LogP contribution in [0.2, 0.25) is 10.0 Å². The van der Waals surface area contributed by atoms with Crippen molar-refractivity contribution >= 4 is 29.2 Å². The Hall–Kier alpha value is -1.56. The van der Waals surface area contributed by atoms with E-state index in [2.05, 4.69) is 16.5 Å². The van der Waals surface area contributed by atoms with Gasteiger partial charge in [0, 0.05) is 30.7 Å². The van der Waals surface area contributed by atoms with Gasteiger partial charge in [-0.25, -0.2) is 4.79 Å². The standard InChI is InChI=1S/C18H20Cl2N4O/c19-15-8-22-24(11-15)18(25)23-9-13-5-16(6-14(13)10-23)21-7-12-3-1-2-4-17(12)20/h1-4,8,11,13-14,16,21H,5-7,9-10H2/t13-,14?,16?/m0/s1. The highest BCUT2D eigenvalue weighted by molar-refractivity contribution is 6.31. The summed E-state index contributed by atoms with van der Waals surface area (Å²) < 4.78 is 1.33. The number of hydrogen-bond acceptors (Lipinski definition) is 3. The maximum atomic E-state index is 12.5. The van der Waals surface area contributed by atoms with Crippen molar-refractivity contribution in [2.75, 3.05) is 13.1 Å². The lowest BCUT2D eigenvalue weighted by Gasteiger charge is -2.19. The first kappa shape index (κ1) is 16.9. The molecular weight excluding hydrogens is 359 g/mol. The molecule has 1 N–H and O–H groups in total. The van der Waals surface area contributed by atoms with E-state index in [0.717, 1.165) is 43.1 Å². The van der Waals surface area contributed by atoms with Gasteiger partial charge in [0.05, 0.1) is 17.4 Å². The molecule has 3 atom stereocenters. The van der Waals surface area contributed by atoms with Crippen LogP contribution in [0.25, 0.3) is 0 Å². The number of hydrogen-bond donors (Lipinski definition) is 1. The van der Waals surface area contributed by atoms with Crippen LogP contribution in [-0.4, -0.2) is 39.8 Å². The molecule has 1 amide bonds. The lowest BCUT2D eigenvalue weighted by molar-refractivity contribution is 0.202. The van der Waals surface area contributed by atoms with Crippen LogP contribution in [-0.2, 0) is 6.54 Å². The van der Waals surface area contributed by atoms with Gasteiger partial charge in [-0.3, -0.25) is 0 Å². The molecule has 1 aliphatic carbocycles. The number of fused-ring (bicyclic) bond motifs is 1. The monoisotopic (exact) mass is 378 g/mol. The number of likely N-dealkylation sites (tertiary alicyclic amines) is 1. The molecule has 25 heavy (non-hydrogen) atoms. The van der Waals surface area contributed by atoms with Crippen LogP contribution < -0.4 is 5.32 Å². The van der Waals surface area contributed by atoms with Gasteiger partial charge in [0.25, 0.3) is 0 Å². The van der Waals surface area contributed by atoms with Crippen LogP contribution in [0, 0.1) is 11.8 Å². The molecule has 1 aromatic heterocycles. The Morgan fingerprint density at radius 1 is 1.20 bits per heavy atom. The molecule has 2 aliphatic rings. The average Bonchev–Trinajstić information content (AvgIpc) is 3.28. The largest absolute Gasteiger partial charge is 0.344 e. The molecule has 1 saturated carbocycles. The highest BCUT2D eigenvalue weighted by Gasteiger charge is 2.42. The number of nitrogens with zero attached hydrogens (tertiary/aromatic N) is 3. The summed E-state index contributed by atoms with van der Waals surface area (Å²) in [4.78, 5) is 14.4. The first-order chi connectivity index (χ1) is 12.1. The molecule has 2 fully saturated rings. The van der Waals surface area contributed by atoms with Crippen LogP contribution in [0.3, 0.4) is 0 Å². The second kappa shape index (κ2) is 6.98. The quantitative estimate of drug-likeness (QED) is 0.886. The molecule has 4 rings (SSSR count). The van der Waals surface area contributed by atoms with E-state index in [4.69, 9.17) is 23.2 Å². The summed E-state index contributed by atoms with van der Waals surface area (Å²) in [6.45, 7) is 2.38.